The van der Waals surface area contributed by atoms with E-state index in [1.807, 2.05) is 20.8 Å². The monoisotopic (exact) mass is 382 g/mol. The average molecular weight is 383 g/mol. The minimum absolute atomic E-state index is 0.00840. The van der Waals surface area contributed by atoms with Crippen LogP contribution in [0.2, 0.25) is 5.02 Å². The molecule has 132 valence electrons. The maximum absolute atomic E-state index is 13.3. The van der Waals surface area contributed by atoms with Crippen molar-refractivity contribution in [1.82, 2.24) is 0 Å². The summed E-state index contributed by atoms with van der Waals surface area (Å²) < 4.78 is 49.3. The number of hydrogen-bond donors (Lipinski definition) is 0. The van der Waals surface area contributed by atoms with Gasteiger partial charge in [-0.3, -0.25) is 0 Å². The lowest BCUT2D eigenvalue weighted by atomic mass is 9.85. The van der Waals surface area contributed by atoms with Crippen LogP contribution < -0.4 is 4.74 Å². The van der Waals surface area contributed by atoms with E-state index in [9.17, 15) is 18.0 Å². The van der Waals surface area contributed by atoms with Crippen LogP contribution in [0.5, 0.6) is 5.75 Å². The number of fused-ring (bicyclic) bond motifs is 1. The zero-order valence-electron chi connectivity index (χ0n) is 13.1. The van der Waals surface area contributed by atoms with Gasteiger partial charge in [0, 0.05) is 10.6 Å². The third-order valence-electron chi connectivity index (χ3n) is 3.46. The number of carbonyl (C=O) groups is 1. The molecule has 24 heavy (non-hydrogen) atoms. The molecule has 0 unspecified atom stereocenters. The molecule has 1 aliphatic heterocycles. The van der Waals surface area contributed by atoms with E-state index in [1.54, 1.807) is 0 Å². The summed E-state index contributed by atoms with van der Waals surface area (Å²) in [5, 5.41) is 0.372. The van der Waals surface area contributed by atoms with Crippen LogP contribution in [0.1, 0.15) is 31.9 Å². The summed E-state index contributed by atoms with van der Waals surface area (Å²) in [7, 11) is 0. The fourth-order valence-electron chi connectivity index (χ4n) is 2.33. The molecule has 1 heterocycles. The highest BCUT2D eigenvalue weighted by Gasteiger charge is 2.49. The Morgan fingerprint density at radius 2 is 1.92 bits per heavy atom. The van der Waals surface area contributed by atoms with Gasteiger partial charge in [-0.2, -0.15) is 13.2 Å². The van der Waals surface area contributed by atoms with Crippen molar-refractivity contribution in [3.05, 3.63) is 33.9 Å². The molecule has 0 bridgehead atoms. The Balaban J connectivity index is 2.58. The Morgan fingerprint density at radius 3 is 2.42 bits per heavy atom. The molecule has 1 aliphatic rings. The summed E-state index contributed by atoms with van der Waals surface area (Å²) in [5.41, 5.74) is -0.139. The van der Waals surface area contributed by atoms with Gasteiger partial charge in [-0.05, 0) is 29.2 Å². The third kappa shape index (κ3) is 3.81. The van der Waals surface area contributed by atoms with E-state index >= 15 is 0 Å². The molecular weight excluding hydrogens is 368 g/mol. The fraction of sp³-hybridized carbons (Fsp3) is 0.438. The van der Waals surface area contributed by atoms with Crippen LogP contribution >= 0.6 is 23.2 Å². The quantitative estimate of drug-likeness (QED) is 0.528. The van der Waals surface area contributed by atoms with Crippen molar-refractivity contribution >= 4 is 35.2 Å². The fourth-order valence-corrected chi connectivity index (χ4v) is 2.89. The van der Waals surface area contributed by atoms with Gasteiger partial charge in [-0.1, -0.05) is 44.0 Å². The number of carbonyl (C=O) groups excluding carboxylic acids is 1. The molecule has 1 atom stereocenters. The summed E-state index contributed by atoms with van der Waals surface area (Å²) in [6.07, 6.45) is -6.13. The van der Waals surface area contributed by atoms with Crippen LogP contribution in [0.25, 0.3) is 6.08 Å². The van der Waals surface area contributed by atoms with Crippen LogP contribution in [0.4, 0.5) is 13.2 Å². The first-order valence-corrected chi connectivity index (χ1v) is 7.88. The second kappa shape index (κ2) is 6.48. The molecule has 0 saturated carbocycles. The maximum Gasteiger partial charge on any atom is 0.430 e. The lowest BCUT2D eigenvalue weighted by Crippen LogP contribution is -2.40. The summed E-state index contributed by atoms with van der Waals surface area (Å²) in [6.45, 7) is 5.64. The first kappa shape index (κ1) is 18.9. The summed E-state index contributed by atoms with van der Waals surface area (Å²) >= 11 is 11.5. The van der Waals surface area contributed by atoms with Gasteiger partial charge in [-0.25, -0.2) is 4.79 Å². The topological polar surface area (TPSA) is 35.5 Å². The van der Waals surface area contributed by atoms with Crippen molar-refractivity contribution in [3.63, 3.8) is 0 Å². The number of halogens is 5. The normalized spacial score (nSPS) is 17.7. The van der Waals surface area contributed by atoms with Gasteiger partial charge in [0.25, 0.3) is 0 Å². The molecule has 2 rings (SSSR count). The highest BCUT2D eigenvalue weighted by Crippen LogP contribution is 2.42. The Kier molecular flexibility index (Phi) is 5.11. The van der Waals surface area contributed by atoms with Gasteiger partial charge in [-0.15, -0.1) is 0 Å². The van der Waals surface area contributed by atoms with Gasteiger partial charge in [0.2, 0.25) is 6.10 Å². The number of hydrogen-bond acceptors (Lipinski definition) is 3. The van der Waals surface area contributed by atoms with Gasteiger partial charge < -0.3 is 9.47 Å². The zero-order valence-corrected chi connectivity index (χ0v) is 14.6. The van der Waals surface area contributed by atoms with Crippen LogP contribution in [-0.2, 0) is 14.9 Å². The predicted molar refractivity (Wildman–Crippen MR) is 85.4 cm³/mol. The van der Waals surface area contributed by atoms with E-state index in [2.05, 4.69) is 4.74 Å². The summed E-state index contributed by atoms with van der Waals surface area (Å²) in [6, 6.07) is 2.38. The molecule has 0 amide bonds. The van der Waals surface area contributed by atoms with Crippen molar-refractivity contribution in [3.8, 4) is 5.75 Å². The lowest BCUT2D eigenvalue weighted by molar-refractivity contribution is -0.187. The zero-order chi connectivity index (χ0) is 18.3. The molecule has 0 aliphatic carbocycles. The van der Waals surface area contributed by atoms with Crippen LogP contribution in [0.15, 0.2) is 17.7 Å². The van der Waals surface area contributed by atoms with E-state index in [-0.39, 0.29) is 16.7 Å². The van der Waals surface area contributed by atoms with Crippen LogP contribution in [0, 0.1) is 0 Å². The number of rotatable bonds is 2. The number of ether oxygens (including phenoxy) is 2. The molecule has 0 saturated heterocycles. The van der Waals surface area contributed by atoms with Gasteiger partial charge in [0.1, 0.15) is 5.75 Å². The van der Waals surface area contributed by atoms with Crippen molar-refractivity contribution in [1.29, 1.82) is 0 Å². The lowest BCUT2D eigenvalue weighted by Gasteiger charge is -2.30. The largest absolute Gasteiger partial charge is 0.475 e. The average Bonchev–Trinajstić information content (AvgIpc) is 2.43. The summed E-state index contributed by atoms with van der Waals surface area (Å²) in [5.74, 6) is -1.18. The molecule has 1 aromatic rings. The molecule has 0 spiro atoms. The Labute approximate surface area is 147 Å². The van der Waals surface area contributed by atoms with Crippen LogP contribution in [0.3, 0.4) is 0 Å². The SMILES string of the molecule is CC(C)(C)c1cc2c(cc1Cl)C=C(C(=O)OCCl)[C@@H](C(F)(F)F)O2. The smallest absolute Gasteiger partial charge is 0.430 e. The van der Waals surface area contributed by atoms with Gasteiger partial charge in [0.05, 0.1) is 5.57 Å². The van der Waals surface area contributed by atoms with Crippen molar-refractivity contribution in [2.75, 3.05) is 6.07 Å². The van der Waals surface area contributed by atoms with Crippen molar-refractivity contribution < 1.29 is 27.4 Å². The van der Waals surface area contributed by atoms with E-state index < -0.39 is 29.9 Å². The van der Waals surface area contributed by atoms with Gasteiger partial charge >= 0.3 is 12.1 Å². The molecule has 8 heteroatoms. The highest BCUT2D eigenvalue weighted by atomic mass is 35.5. The standard InChI is InChI=1S/C16H15Cl2F3O3/c1-15(2,3)10-6-12-8(5-11(10)18)4-9(14(22)23-7-17)13(24-12)16(19,20)21/h4-6,13H,7H2,1-3H3/t13-/m0/s1. The molecule has 1 aromatic carbocycles. The molecule has 0 fully saturated rings. The van der Waals surface area contributed by atoms with Gasteiger partial charge in [0.15, 0.2) is 6.07 Å². The first-order chi connectivity index (χ1) is 10.9. The van der Waals surface area contributed by atoms with E-state index in [0.717, 1.165) is 6.08 Å². The van der Waals surface area contributed by atoms with Crippen molar-refractivity contribution in [2.45, 2.75) is 38.5 Å². The molecule has 0 aromatic heterocycles. The number of alkyl halides is 4. The minimum atomic E-state index is -4.78. The Morgan fingerprint density at radius 1 is 1.29 bits per heavy atom. The number of esters is 1. The molecule has 3 nitrogen and oxygen atoms in total. The molecular formula is C16H15Cl2F3O3. The Hall–Kier alpha value is -1.40. The maximum atomic E-state index is 13.3. The van der Waals surface area contributed by atoms with E-state index in [4.69, 9.17) is 27.9 Å². The molecule has 0 N–H and O–H groups in total. The van der Waals surface area contributed by atoms with E-state index in [0.29, 0.717) is 10.6 Å². The minimum Gasteiger partial charge on any atom is -0.475 e. The Bertz CT molecular complexity index is 691. The van der Waals surface area contributed by atoms with Crippen molar-refractivity contribution in [2.24, 2.45) is 0 Å². The second-order valence-corrected chi connectivity index (χ2v) is 6.93. The first-order valence-electron chi connectivity index (χ1n) is 6.97. The number of benzene rings is 1. The highest BCUT2D eigenvalue weighted by molar-refractivity contribution is 6.31. The van der Waals surface area contributed by atoms with E-state index in [1.165, 1.54) is 12.1 Å². The summed E-state index contributed by atoms with van der Waals surface area (Å²) in [4.78, 5) is 11.8. The predicted octanol–water partition coefficient (Wildman–Crippen LogP) is 5.08. The third-order valence-corrected chi connectivity index (χ3v) is 3.89. The molecule has 0 radical (unpaired) electrons. The second-order valence-electron chi connectivity index (χ2n) is 6.30. The van der Waals surface area contributed by atoms with Crippen LogP contribution in [-0.4, -0.2) is 24.3 Å².